The predicted molar refractivity (Wildman–Crippen MR) is 108 cm³/mol. The van der Waals surface area contributed by atoms with Crippen LogP contribution in [0.5, 0.6) is 17.2 Å². The number of nitrogens with zero attached hydrogens (tertiary/aromatic N) is 2. The molecule has 7 heteroatoms. The van der Waals surface area contributed by atoms with E-state index in [1.807, 2.05) is 29.2 Å². The zero-order chi connectivity index (χ0) is 19.9. The Kier molecular flexibility index (Phi) is 7.01. The Morgan fingerprint density at radius 1 is 0.964 bits per heavy atom. The maximum absolute atomic E-state index is 12.5. The quantitative estimate of drug-likeness (QED) is 0.709. The molecule has 150 valence electrons. The minimum absolute atomic E-state index is 0.00661. The van der Waals surface area contributed by atoms with E-state index < -0.39 is 0 Å². The predicted octanol–water partition coefficient (Wildman–Crippen LogP) is 3.08. The summed E-state index contributed by atoms with van der Waals surface area (Å²) in [6.45, 7) is 3.94. The first-order valence-corrected chi connectivity index (χ1v) is 9.56. The normalized spacial score (nSPS) is 14.6. The van der Waals surface area contributed by atoms with Crippen LogP contribution in [0.15, 0.2) is 42.5 Å². The zero-order valence-electron chi connectivity index (χ0n) is 16.2. The maximum Gasteiger partial charge on any atom is 0.260 e. The van der Waals surface area contributed by atoms with E-state index >= 15 is 0 Å². The molecule has 0 radical (unpaired) electrons. The van der Waals surface area contributed by atoms with Crippen molar-refractivity contribution in [3.8, 4) is 17.2 Å². The molecule has 1 aliphatic heterocycles. The van der Waals surface area contributed by atoms with Crippen LogP contribution in [0.4, 0.5) is 0 Å². The Hall–Kier alpha value is -2.44. The van der Waals surface area contributed by atoms with Crippen LogP contribution >= 0.6 is 11.6 Å². The average Bonchev–Trinajstić information content (AvgIpc) is 2.74. The van der Waals surface area contributed by atoms with Crippen molar-refractivity contribution in [1.82, 2.24) is 9.80 Å². The van der Waals surface area contributed by atoms with Crippen molar-refractivity contribution in [2.45, 2.75) is 6.54 Å². The number of benzene rings is 2. The van der Waals surface area contributed by atoms with Crippen molar-refractivity contribution in [2.75, 3.05) is 47.0 Å². The van der Waals surface area contributed by atoms with Gasteiger partial charge in [-0.25, -0.2) is 0 Å². The summed E-state index contributed by atoms with van der Waals surface area (Å²) in [6, 6.07) is 13.1. The lowest BCUT2D eigenvalue weighted by molar-refractivity contribution is -0.135. The van der Waals surface area contributed by atoms with Crippen molar-refractivity contribution in [3.63, 3.8) is 0 Å². The van der Waals surface area contributed by atoms with Gasteiger partial charge in [0.1, 0.15) is 5.75 Å². The van der Waals surface area contributed by atoms with Gasteiger partial charge >= 0.3 is 0 Å². The maximum atomic E-state index is 12.5. The van der Waals surface area contributed by atoms with Gasteiger partial charge < -0.3 is 19.1 Å². The van der Waals surface area contributed by atoms with Crippen LogP contribution in [0.25, 0.3) is 0 Å². The van der Waals surface area contributed by atoms with E-state index in [1.54, 1.807) is 32.4 Å². The van der Waals surface area contributed by atoms with Crippen LogP contribution in [-0.4, -0.2) is 62.7 Å². The summed E-state index contributed by atoms with van der Waals surface area (Å²) in [6.07, 6.45) is 0. The molecular weight excluding hydrogens is 380 g/mol. The summed E-state index contributed by atoms with van der Waals surface area (Å²) < 4.78 is 16.1. The fourth-order valence-corrected chi connectivity index (χ4v) is 3.27. The topological polar surface area (TPSA) is 51.2 Å². The van der Waals surface area contributed by atoms with E-state index in [-0.39, 0.29) is 12.5 Å². The van der Waals surface area contributed by atoms with Gasteiger partial charge in [-0.1, -0.05) is 23.7 Å². The van der Waals surface area contributed by atoms with Gasteiger partial charge in [-0.05, 0) is 29.8 Å². The second kappa shape index (κ2) is 9.66. The van der Waals surface area contributed by atoms with E-state index in [9.17, 15) is 4.79 Å². The standard InChI is InChI=1S/C21H25ClN2O4/c1-26-19-8-7-18(13-20(19)27-2)28-15-21(25)24-11-9-23(10-12-24)14-16-3-5-17(22)6-4-16/h3-8,13H,9-12,14-15H2,1-2H3. The molecule has 0 unspecified atom stereocenters. The third-order valence-corrected chi connectivity index (χ3v) is 5.01. The molecule has 28 heavy (non-hydrogen) atoms. The number of methoxy groups -OCH3 is 2. The summed E-state index contributed by atoms with van der Waals surface area (Å²) in [5, 5.41) is 0.744. The molecular formula is C21H25ClN2O4. The number of ether oxygens (including phenoxy) is 3. The van der Waals surface area contributed by atoms with E-state index in [4.69, 9.17) is 25.8 Å². The lowest BCUT2D eigenvalue weighted by atomic mass is 10.2. The highest BCUT2D eigenvalue weighted by Crippen LogP contribution is 2.30. The van der Waals surface area contributed by atoms with Gasteiger partial charge in [0.25, 0.3) is 5.91 Å². The Morgan fingerprint density at radius 2 is 1.64 bits per heavy atom. The van der Waals surface area contributed by atoms with E-state index in [0.29, 0.717) is 30.3 Å². The van der Waals surface area contributed by atoms with Crippen LogP contribution in [0.3, 0.4) is 0 Å². The molecule has 6 nitrogen and oxygen atoms in total. The average molecular weight is 405 g/mol. The van der Waals surface area contributed by atoms with Gasteiger partial charge in [0.15, 0.2) is 18.1 Å². The Bertz CT molecular complexity index is 789. The van der Waals surface area contributed by atoms with Gasteiger partial charge in [-0.2, -0.15) is 0 Å². The van der Waals surface area contributed by atoms with Crippen molar-refractivity contribution in [3.05, 3.63) is 53.1 Å². The van der Waals surface area contributed by atoms with Crippen LogP contribution in [0.1, 0.15) is 5.56 Å². The molecule has 0 spiro atoms. The summed E-state index contributed by atoms with van der Waals surface area (Å²) in [5.74, 6) is 1.76. The van der Waals surface area contributed by atoms with Crippen LogP contribution < -0.4 is 14.2 Å². The number of carbonyl (C=O) groups excluding carboxylic acids is 1. The largest absolute Gasteiger partial charge is 0.493 e. The van der Waals surface area contributed by atoms with Gasteiger partial charge in [0, 0.05) is 43.8 Å². The molecule has 2 aromatic rings. The van der Waals surface area contributed by atoms with Crippen molar-refractivity contribution in [2.24, 2.45) is 0 Å². The zero-order valence-corrected chi connectivity index (χ0v) is 16.9. The fraction of sp³-hybridized carbons (Fsp3) is 0.381. The smallest absolute Gasteiger partial charge is 0.260 e. The summed E-state index contributed by atoms with van der Waals surface area (Å²) in [4.78, 5) is 16.6. The van der Waals surface area contributed by atoms with Crippen molar-refractivity contribution >= 4 is 17.5 Å². The lowest BCUT2D eigenvalue weighted by Gasteiger charge is -2.34. The molecule has 0 saturated carbocycles. The summed E-state index contributed by atoms with van der Waals surface area (Å²) in [7, 11) is 3.14. The van der Waals surface area contributed by atoms with E-state index in [0.717, 1.165) is 24.7 Å². The Labute approximate surface area is 170 Å². The first kappa shape index (κ1) is 20.3. The second-order valence-corrected chi connectivity index (χ2v) is 7.03. The third-order valence-electron chi connectivity index (χ3n) is 4.76. The van der Waals surface area contributed by atoms with Crippen molar-refractivity contribution in [1.29, 1.82) is 0 Å². The number of rotatable bonds is 7. The second-order valence-electron chi connectivity index (χ2n) is 6.59. The molecule has 1 fully saturated rings. The fourth-order valence-electron chi connectivity index (χ4n) is 3.15. The number of hydrogen-bond donors (Lipinski definition) is 0. The minimum Gasteiger partial charge on any atom is -0.493 e. The molecule has 1 aliphatic rings. The molecule has 3 rings (SSSR count). The van der Waals surface area contributed by atoms with Gasteiger partial charge in [-0.15, -0.1) is 0 Å². The highest BCUT2D eigenvalue weighted by atomic mass is 35.5. The number of hydrogen-bond acceptors (Lipinski definition) is 5. The highest BCUT2D eigenvalue weighted by Gasteiger charge is 2.21. The number of piperazine rings is 1. The van der Waals surface area contributed by atoms with Gasteiger partial charge in [0.2, 0.25) is 0 Å². The highest BCUT2D eigenvalue weighted by molar-refractivity contribution is 6.30. The summed E-state index contributed by atoms with van der Waals surface area (Å²) >= 11 is 5.93. The molecule has 0 N–H and O–H groups in total. The van der Waals surface area contributed by atoms with E-state index in [2.05, 4.69) is 4.90 Å². The van der Waals surface area contributed by atoms with Gasteiger partial charge in [-0.3, -0.25) is 9.69 Å². The number of halogens is 1. The molecule has 0 aliphatic carbocycles. The molecule has 0 atom stereocenters. The number of amides is 1. The molecule has 0 aromatic heterocycles. The van der Waals surface area contributed by atoms with Crippen LogP contribution in [-0.2, 0) is 11.3 Å². The molecule has 2 aromatic carbocycles. The lowest BCUT2D eigenvalue weighted by Crippen LogP contribution is -2.49. The molecule has 1 heterocycles. The van der Waals surface area contributed by atoms with Crippen LogP contribution in [0, 0.1) is 0 Å². The third kappa shape index (κ3) is 5.30. The van der Waals surface area contributed by atoms with E-state index in [1.165, 1.54) is 5.56 Å². The molecule has 0 bridgehead atoms. The first-order valence-electron chi connectivity index (χ1n) is 9.18. The minimum atomic E-state index is -0.0130. The SMILES string of the molecule is COc1ccc(OCC(=O)N2CCN(Cc3ccc(Cl)cc3)CC2)cc1OC. The van der Waals surface area contributed by atoms with Crippen molar-refractivity contribution < 1.29 is 19.0 Å². The van der Waals surface area contributed by atoms with Gasteiger partial charge in [0.05, 0.1) is 14.2 Å². The molecule has 1 saturated heterocycles. The Balaban J connectivity index is 1.45. The Morgan fingerprint density at radius 3 is 2.29 bits per heavy atom. The number of carbonyl (C=O) groups is 1. The first-order chi connectivity index (χ1) is 13.6. The monoisotopic (exact) mass is 404 g/mol. The van der Waals surface area contributed by atoms with Crippen LogP contribution in [0.2, 0.25) is 5.02 Å². The molecule has 1 amide bonds. The summed E-state index contributed by atoms with van der Waals surface area (Å²) in [5.41, 5.74) is 1.22.